The van der Waals surface area contributed by atoms with Crippen LogP contribution in [0.4, 0.5) is 0 Å². The van der Waals surface area contributed by atoms with Crippen LogP contribution in [0.5, 0.6) is 0 Å². The van der Waals surface area contributed by atoms with Crippen LogP contribution < -0.4 is 5.56 Å². The highest BCUT2D eigenvalue weighted by atomic mass is 32.1. The van der Waals surface area contributed by atoms with E-state index in [9.17, 15) is 4.79 Å². The number of aromatic amines is 1. The lowest BCUT2D eigenvalue weighted by molar-refractivity contribution is 1.11. The van der Waals surface area contributed by atoms with Crippen LogP contribution >= 0.6 is 12.6 Å². The van der Waals surface area contributed by atoms with E-state index in [-0.39, 0.29) is 5.56 Å². The summed E-state index contributed by atoms with van der Waals surface area (Å²) in [6.07, 6.45) is 0. The van der Waals surface area contributed by atoms with Gasteiger partial charge in [0.15, 0.2) is 0 Å². The highest BCUT2D eigenvalue weighted by Gasteiger charge is 1.87. The fourth-order valence-electron chi connectivity index (χ4n) is 0.664. The Labute approximate surface area is 58.3 Å². The summed E-state index contributed by atoms with van der Waals surface area (Å²) < 4.78 is 0. The zero-order valence-corrected chi connectivity index (χ0v) is 5.90. The Balaban J connectivity index is 3.33. The van der Waals surface area contributed by atoms with E-state index in [4.69, 9.17) is 0 Å². The molecule has 1 aromatic heterocycles. The van der Waals surface area contributed by atoms with Crippen LogP contribution in [0.3, 0.4) is 0 Å². The average molecular weight is 141 g/mol. The summed E-state index contributed by atoms with van der Waals surface area (Å²) in [5.41, 5.74) is 0.743. The van der Waals surface area contributed by atoms with Gasteiger partial charge in [-0.2, -0.15) is 0 Å². The molecule has 1 rings (SSSR count). The van der Waals surface area contributed by atoms with E-state index in [0.717, 1.165) is 5.69 Å². The van der Waals surface area contributed by atoms with Crippen molar-refractivity contribution in [3.63, 3.8) is 0 Å². The molecule has 1 aromatic rings. The van der Waals surface area contributed by atoms with Gasteiger partial charge in [0, 0.05) is 16.7 Å². The summed E-state index contributed by atoms with van der Waals surface area (Å²) in [4.78, 5) is 13.9. The third kappa shape index (κ3) is 1.61. The molecule has 3 heteroatoms. The van der Waals surface area contributed by atoms with Crippen molar-refractivity contribution in [2.24, 2.45) is 0 Å². The molecule has 0 aliphatic heterocycles. The largest absolute Gasteiger partial charge is 0.326 e. The number of thiol groups is 1. The molecule has 0 radical (unpaired) electrons. The van der Waals surface area contributed by atoms with Gasteiger partial charge in [0.1, 0.15) is 0 Å². The lowest BCUT2D eigenvalue weighted by Crippen LogP contribution is -2.04. The third-order valence-electron chi connectivity index (χ3n) is 0.964. The predicted molar refractivity (Wildman–Crippen MR) is 39.1 cm³/mol. The van der Waals surface area contributed by atoms with Gasteiger partial charge in [-0.25, -0.2) is 0 Å². The highest BCUT2D eigenvalue weighted by molar-refractivity contribution is 7.80. The first-order valence-electron chi connectivity index (χ1n) is 2.58. The van der Waals surface area contributed by atoms with Crippen molar-refractivity contribution < 1.29 is 0 Å². The Morgan fingerprint density at radius 3 is 2.67 bits per heavy atom. The van der Waals surface area contributed by atoms with E-state index in [1.165, 1.54) is 6.07 Å². The molecule has 0 spiro atoms. The Bertz CT molecular complexity index is 243. The summed E-state index contributed by atoms with van der Waals surface area (Å²) >= 11 is 4.00. The average Bonchev–Trinajstić information content (AvgIpc) is 1.59. The molecule has 1 N–H and O–H groups in total. The zero-order valence-electron chi connectivity index (χ0n) is 5.01. The van der Waals surface area contributed by atoms with Gasteiger partial charge < -0.3 is 4.98 Å². The van der Waals surface area contributed by atoms with E-state index in [1.807, 2.05) is 6.92 Å². The molecule has 2 nitrogen and oxygen atoms in total. The maximum Gasteiger partial charge on any atom is 0.249 e. The van der Waals surface area contributed by atoms with Crippen molar-refractivity contribution in [1.29, 1.82) is 0 Å². The minimum atomic E-state index is -0.0972. The molecule has 9 heavy (non-hydrogen) atoms. The Morgan fingerprint density at radius 2 is 2.22 bits per heavy atom. The molecule has 48 valence electrons. The van der Waals surface area contributed by atoms with Crippen molar-refractivity contribution in [2.45, 2.75) is 11.8 Å². The monoisotopic (exact) mass is 141 g/mol. The molecular formula is C6H7NOS. The summed E-state index contributed by atoms with van der Waals surface area (Å²) in [7, 11) is 0. The summed E-state index contributed by atoms with van der Waals surface area (Å²) in [6, 6.07) is 3.24. The van der Waals surface area contributed by atoms with E-state index >= 15 is 0 Å². The number of hydrogen-bond donors (Lipinski definition) is 2. The third-order valence-corrected chi connectivity index (χ3v) is 1.22. The van der Waals surface area contributed by atoms with Gasteiger partial charge in [-0.15, -0.1) is 12.6 Å². The number of hydrogen-bond acceptors (Lipinski definition) is 2. The number of aromatic nitrogens is 1. The molecule has 0 atom stereocenters. The van der Waals surface area contributed by atoms with Gasteiger partial charge in [-0.3, -0.25) is 4.79 Å². The van der Waals surface area contributed by atoms with Gasteiger partial charge in [0.2, 0.25) is 5.56 Å². The first kappa shape index (κ1) is 6.42. The number of pyridine rings is 1. The summed E-state index contributed by atoms with van der Waals surface area (Å²) in [5.74, 6) is 0. The molecule has 0 aliphatic rings. The van der Waals surface area contributed by atoms with Crippen molar-refractivity contribution in [1.82, 2.24) is 4.98 Å². The van der Waals surface area contributed by atoms with Gasteiger partial charge in [-0.1, -0.05) is 0 Å². The topological polar surface area (TPSA) is 32.9 Å². The molecule has 0 saturated carbocycles. The van der Waals surface area contributed by atoms with Crippen LogP contribution in [0.1, 0.15) is 5.69 Å². The minimum Gasteiger partial charge on any atom is -0.326 e. The van der Waals surface area contributed by atoms with Gasteiger partial charge in [0.05, 0.1) is 0 Å². The zero-order chi connectivity index (χ0) is 6.85. The second-order valence-electron chi connectivity index (χ2n) is 1.89. The quantitative estimate of drug-likeness (QED) is 0.518. The highest BCUT2D eigenvalue weighted by Crippen LogP contribution is 2.00. The number of nitrogens with one attached hydrogen (secondary N) is 1. The molecule has 0 fully saturated rings. The van der Waals surface area contributed by atoms with Crippen LogP contribution in [-0.2, 0) is 0 Å². The second kappa shape index (κ2) is 2.27. The lowest BCUT2D eigenvalue weighted by Gasteiger charge is -1.90. The van der Waals surface area contributed by atoms with Crippen LogP contribution in [0, 0.1) is 6.92 Å². The van der Waals surface area contributed by atoms with Crippen LogP contribution in [0.2, 0.25) is 0 Å². The van der Waals surface area contributed by atoms with E-state index < -0.39 is 0 Å². The minimum absolute atomic E-state index is 0.0972. The van der Waals surface area contributed by atoms with Crippen LogP contribution in [0.15, 0.2) is 21.8 Å². The molecule has 0 aliphatic carbocycles. The van der Waals surface area contributed by atoms with Crippen molar-refractivity contribution in [3.05, 3.63) is 28.2 Å². The van der Waals surface area contributed by atoms with Crippen molar-refractivity contribution in [2.75, 3.05) is 0 Å². The Hall–Kier alpha value is -0.700. The molecule has 0 saturated heterocycles. The smallest absolute Gasteiger partial charge is 0.249 e. The lowest BCUT2D eigenvalue weighted by atomic mass is 10.4. The molecular weight excluding hydrogens is 134 g/mol. The van der Waals surface area contributed by atoms with E-state index in [0.29, 0.717) is 4.90 Å². The standard InChI is InChI=1S/C6H7NOS/c1-4-2-5(9)3-6(8)7-4/h2-3H,1H3,(H2,7,8,9). The molecule has 0 aromatic carbocycles. The van der Waals surface area contributed by atoms with Crippen LogP contribution in [-0.4, -0.2) is 4.98 Å². The van der Waals surface area contributed by atoms with Gasteiger partial charge in [0.25, 0.3) is 0 Å². The summed E-state index contributed by atoms with van der Waals surface area (Å²) in [6.45, 7) is 1.82. The Morgan fingerprint density at radius 1 is 1.56 bits per heavy atom. The maximum absolute atomic E-state index is 10.6. The maximum atomic E-state index is 10.6. The SMILES string of the molecule is Cc1cc(S)cc(=O)[nH]1. The molecule has 0 bridgehead atoms. The van der Waals surface area contributed by atoms with E-state index in [1.54, 1.807) is 6.07 Å². The first-order chi connectivity index (χ1) is 4.18. The molecule has 0 unspecified atom stereocenters. The fraction of sp³-hybridized carbons (Fsp3) is 0.167. The number of rotatable bonds is 0. The summed E-state index contributed by atoms with van der Waals surface area (Å²) in [5, 5.41) is 0. The fourth-order valence-corrected chi connectivity index (χ4v) is 0.975. The van der Waals surface area contributed by atoms with E-state index in [2.05, 4.69) is 17.6 Å². The van der Waals surface area contributed by atoms with Crippen molar-refractivity contribution >= 4 is 12.6 Å². The predicted octanol–water partition coefficient (Wildman–Crippen LogP) is 0.972. The number of aryl methyl sites for hydroxylation is 1. The van der Waals surface area contributed by atoms with Crippen LogP contribution in [0.25, 0.3) is 0 Å². The normalized spacial score (nSPS) is 9.56. The number of H-pyrrole nitrogens is 1. The molecule has 1 heterocycles. The van der Waals surface area contributed by atoms with Gasteiger partial charge >= 0.3 is 0 Å². The first-order valence-corrected chi connectivity index (χ1v) is 3.03. The van der Waals surface area contributed by atoms with Crippen molar-refractivity contribution in [3.8, 4) is 0 Å². The molecule has 0 amide bonds. The van der Waals surface area contributed by atoms with Gasteiger partial charge in [-0.05, 0) is 13.0 Å². The second-order valence-corrected chi connectivity index (χ2v) is 2.40. The Kier molecular flexibility index (Phi) is 1.62.